The highest BCUT2D eigenvalue weighted by atomic mass is 32.2. The molecule has 1 aliphatic rings. The summed E-state index contributed by atoms with van der Waals surface area (Å²) in [4.78, 5) is 28.2. The number of nitrogens with zero attached hydrogens (tertiary/aromatic N) is 2. The van der Waals surface area contributed by atoms with E-state index in [1.807, 2.05) is 30.3 Å². The minimum atomic E-state index is -3.91. The van der Waals surface area contributed by atoms with Gasteiger partial charge in [-0.15, -0.1) is 0 Å². The highest BCUT2D eigenvalue weighted by Gasteiger charge is 2.33. The van der Waals surface area contributed by atoms with Crippen LogP contribution in [0.25, 0.3) is 0 Å². The predicted octanol–water partition coefficient (Wildman–Crippen LogP) is 2.71. The average Bonchev–Trinajstić information content (AvgIpc) is 3.37. The van der Waals surface area contributed by atoms with Gasteiger partial charge in [-0.05, 0) is 35.4 Å². The quantitative estimate of drug-likeness (QED) is 0.423. The maximum atomic E-state index is 13.8. The van der Waals surface area contributed by atoms with Crippen molar-refractivity contribution >= 4 is 27.5 Å². The number of fused-ring (bicyclic) bond motifs is 1. The maximum absolute atomic E-state index is 13.8. The van der Waals surface area contributed by atoms with Gasteiger partial charge >= 0.3 is 0 Å². The van der Waals surface area contributed by atoms with E-state index in [0.717, 1.165) is 16.1 Å². The molecule has 4 rings (SSSR count). The number of carbonyl (C=O) groups is 2. The van der Waals surface area contributed by atoms with Gasteiger partial charge in [-0.2, -0.15) is 0 Å². The van der Waals surface area contributed by atoms with Crippen molar-refractivity contribution in [1.29, 1.82) is 0 Å². The Bertz CT molecular complexity index is 1400. The van der Waals surface area contributed by atoms with Gasteiger partial charge in [0.1, 0.15) is 18.4 Å². The van der Waals surface area contributed by atoms with Crippen LogP contribution in [0.4, 0.5) is 10.1 Å². The smallest absolute Gasteiger partial charge is 0.244 e. The molecule has 0 radical (unpaired) electrons. The summed E-state index contributed by atoms with van der Waals surface area (Å²) >= 11 is 0. The third-order valence-electron chi connectivity index (χ3n) is 6.11. The molecule has 0 aliphatic carbocycles. The van der Waals surface area contributed by atoms with Crippen LogP contribution in [0, 0.1) is 5.82 Å². The van der Waals surface area contributed by atoms with E-state index in [1.54, 1.807) is 6.07 Å². The third-order valence-corrected chi connectivity index (χ3v) is 7.25. The second kappa shape index (κ2) is 11.5. The molecule has 0 fully saturated rings. The zero-order chi connectivity index (χ0) is 27.3. The molecule has 1 unspecified atom stereocenters. The van der Waals surface area contributed by atoms with Crippen LogP contribution in [-0.4, -0.2) is 57.8 Å². The van der Waals surface area contributed by atoms with Crippen LogP contribution in [0.5, 0.6) is 11.5 Å². The number of halogens is 1. The molecule has 38 heavy (non-hydrogen) atoms. The molecule has 0 aromatic heterocycles. The van der Waals surface area contributed by atoms with Crippen LogP contribution in [0.2, 0.25) is 0 Å². The van der Waals surface area contributed by atoms with E-state index in [9.17, 15) is 22.4 Å². The zero-order valence-corrected chi connectivity index (χ0v) is 21.8. The van der Waals surface area contributed by atoms with Crippen molar-refractivity contribution in [3.05, 3.63) is 89.7 Å². The molecule has 3 aromatic rings. The van der Waals surface area contributed by atoms with Crippen molar-refractivity contribution in [3.8, 4) is 11.5 Å². The Balaban J connectivity index is 1.70. The minimum Gasteiger partial charge on any atom is -0.454 e. The Hall–Kier alpha value is -4.12. The summed E-state index contributed by atoms with van der Waals surface area (Å²) in [5.74, 6) is -0.641. The number of carbonyl (C=O) groups excluding carboxylic acids is 2. The molecule has 1 aliphatic heterocycles. The van der Waals surface area contributed by atoms with Gasteiger partial charge < -0.3 is 19.7 Å². The highest BCUT2D eigenvalue weighted by molar-refractivity contribution is 7.92. The van der Waals surface area contributed by atoms with E-state index in [0.29, 0.717) is 17.1 Å². The molecule has 0 saturated carbocycles. The molecule has 1 N–H and O–H groups in total. The number of likely N-dealkylation sites (N-methyl/N-ethyl adjacent to an activating group) is 1. The summed E-state index contributed by atoms with van der Waals surface area (Å²) in [7, 11) is -2.44. The molecule has 0 spiro atoms. The molecule has 2 amide bonds. The average molecular weight is 542 g/mol. The SMILES string of the molecule is CNC(=O)C(Cc1ccccc1)N(Cc1ccc(F)cc1)C(=O)CN(c1ccc2c(c1)OCO2)S(C)(=O)=O. The number of hydrogen-bond donors (Lipinski definition) is 1. The standard InChI is InChI=1S/C27H28FN3O6S/c1-29-27(33)23(14-19-6-4-3-5-7-19)30(16-20-8-10-21(28)11-9-20)26(32)17-31(38(2,34)35)22-12-13-24-25(15-22)37-18-36-24/h3-13,15,23H,14,16-18H2,1-2H3,(H,29,33). The lowest BCUT2D eigenvalue weighted by atomic mass is 10.0. The van der Waals surface area contributed by atoms with E-state index < -0.39 is 40.2 Å². The number of amides is 2. The van der Waals surface area contributed by atoms with E-state index in [2.05, 4.69) is 5.32 Å². The molecule has 3 aromatic carbocycles. The lowest BCUT2D eigenvalue weighted by Gasteiger charge is -2.33. The molecule has 1 atom stereocenters. The van der Waals surface area contributed by atoms with Gasteiger partial charge in [0, 0.05) is 26.1 Å². The first kappa shape index (κ1) is 26.9. The highest BCUT2D eigenvalue weighted by Crippen LogP contribution is 2.36. The number of anilines is 1. The number of benzene rings is 3. The van der Waals surface area contributed by atoms with Gasteiger partial charge in [-0.1, -0.05) is 42.5 Å². The Kier molecular flexibility index (Phi) is 8.16. The number of hydrogen-bond acceptors (Lipinski definition) is 6. The fourth-order valence-electron chi connectivity index (χ4n) is 4.16. The van der Waals surface area contributed by atoms with E-state index in [-0.39, 0.29) is 25.4 Å². The lowest BCUT2D eigenvalue weighted by Crippen LogP contribution is -2.52. The normalized spacial score (nSPS) is 13.0. The lowest BCUT2D eigenvalue weighted by molar-refractivity contribution is -0.139. The second-order valence-corrected chi connectivity index (χ2v) is 10.7. The Morgan fingerprint density at radius 1 is 0.974 bits per heavy atom. The van der Waals surface area contributed by atoms with Crippen molar-refractivity contribution in [1.82, 2.24) is 10.2 Å². The third kappa shape index (κ3) is 6.41. The first-order valence-corrected chi connectivity index (χ1v) is 13.7. The second-order valence-electron chi connectivity index (χ2n) is 8.78. The molecule has 200 valence electrons. The van der Waals surface area contributed by atoms with Crippen LogP contribution in [0.3, 0.4) is 0 Å². The monoisotopic (exact) mass is 541 g/mol. The zero-order valence-electron chi connectivity index (χ0n) is 21.0. The van der Waals surface area contributed by atoms with Gasteiger partial charge in [0.15, 0.2) is 11.5 Å². The van der Waals surface area contributed by atoms with Crippen LogP contribution in [0.15, 0.2) is 72.8 Å². The van der Waals surface area contributed by atoms with Crippen molar-refractivity contribution < 1.29 is 31.9 Å². The number of sulfonamides is 1. The Morgan fingerprint density at radius 2 is 1.66 bits per heavy atom. The van der Waals surface area contributed by atoms with Crippen LogP contribution in [-0.2, 0) is 32.6 Å². The maximum Gasteiger partial charge on any atom is 0.244 e. The minimum absolute atomic E-state index is 0.00926. The van der Waals surface area contributed by atoms with E-state index >= 15 is 0 Å². The van der Waals surface area contributed by atoms with Crippen LogP contribution in [0.1, 0.15) is 11.1 Å². The first-order valence-electron chi connectivity index (χ1n) is 11.8. The van der Waals surface area contributed by atoms with Crippen LogP contribution >= 0.6 is 0 Å². The van der Waals surface area contributed by atoms with E-state index in [1.165, 1.54) is 48.3 Å². The molecule has 0 bridgehead atoms. The van der Waals surface area contributed by atoms with Crippen LogP contribution < -0.4 is 19.1 Å². The summed E-state index contributed by atoms with van der Waals surface area (Å²) in [6.07, 6.45) is 1.19. The first-order chi connectivity index (χ1) is 18.2. The van der Waals surface area contributed by atoms with Gasteiger partial charge in [0.25, 0.3) is 0 Å². The fourth-order valence-corrected chi connectivity index (χ4v) is 5.00. The van der Waals surface area contributed by atoms with Crippen molar-refractivity contribution in [2.45, 2.75) is 19.0 Å². The van der Waals surface area contributed by atoms with E-state index in [4.69, 9.17) is 9.47 Å². The number of rotatable bonds is 10. The molecule has 11 heteroatoms. The fraction of sp³-hybridized carbons (Fsp3) is 0.259. The summed E-state index contributed by atoms with van der Waals surface area (Å²) in [6.45, 7) is -0.597. The number of ether oxygens (including phenoxy) is 2. The molecule has 0 saturated heterocycles. The van der Waals surface area contributed by atoms with Gasteiger partial charge in [-0.3, -0.25) is 13.9 Å². The summed E-state index contributed by atoms with van der Waals surface area (Å²) in [5, 5.41) is 2.60. The topological polar surface area (TPSA) is 105 Å². The largest absolute Gasteiger partial charge is 0.454 e. The van der Waals surface area contributed by atoms with Gasteiger partial charge in [0.05, 0.1) is 11.9 Å². The van der Waals surface area contributed by atoms with Gasteiger partial charge in [0.2, 0.25) is 28.6 Å². The van der Waals surface area contributed by atoms with Crippen molar-refractivity contribution in [2.75, 3.05) is 30.9 Å². The molecular formula is C27H28FN3O6S. The molecule has 9 nitrogen and oxygen atoms in total. The number of nitrogens with one attached hydrogen (secondary N) is 1. The van der Waals surface area contributed by atoms with Crippen molar-refractivity contribution in [3.63, 3.8) is 0 Å². The summed E-state index contributed by atoms with van der Waals surface area (Å²) in [6, 6.07) is 18.4. The summed E-state index contributed by atoms with van der Waals surface area (Å²) in [5.41, 5.74) is 1.61. The van der Waals surface area contributed by atoms with Gasteiger partial charge in [-0.25, -0.2) is 12.8 Å². The Morgan fingerprint density at radius 3 is 2.32 bits per heavy atom. The predicted molar refractivity (Wildman–Crippen MR) is 140 cm³/mol. The molecule has 1 heterocycles. The molecular weight excluding hydrogens is 513 g/mol. The Labute approximate surface area is 220 Å². The van der Waals surface area contributed by atoms with Crippen molar-refractivity contribution in [2.24, 2.45) is 0 Å². The summed E-state index contributed by atoms with van der Waals surface area (Å²) < 4.78 is 50.8.